The maximum Gasteiger partial charge on any atom is 0.329 e. The summed E-state index contributed by atoms with van der Waals surface area (Å²) in [5.74, 6) is -0.930. The van der Waals surface area contributed by atoms with Crippen LogP contribution in [0.15, 0.2) is 0 Å². The van der Waals surface area contributed by atoms with Gasteiger partial charge < -0.3 is 20.6 Å². The van der Waals surface area contributed by atoms with Crippen molar-refractivity contribution in [1.29, 1.82) is 0 Å². The van der Waals surface area contributed by atoms with Crippen molar-refractivity contribution in [3.8, 4) is 0 Å². The first-order valence-electron chi connectivity index (χ1n) is 5.93. The fraction of sp³-hybridized carbons (Fsp3) is 0.818. The summed E-state index contributed by atoms with van der Waals surface area (Å²) in [7, 11) is 3.53. The van der Waals surface area contributed by atoms with Crippen molar-refractivity contribution >= 4 is 12.0 Å². The van der Waals surface area contributed by atoms with Gasteiger partial charge in [0, 0.05) is 13.6 Å². The molecule has 17 heavy (non-hydrogen) atoms. The number of aliphatic carboxylic acids is 1. The summed E-state index contributed by atoms with van der Waals surface area (Å²) in [5.41, 5.74) is -1.02. The number of rotatable bonds is 6. The number of amides is 2. The van der Waals surface area contributed by atoms with Gasteiger partial charge in [-0.2, -0.15) is 0 Å². The third kappa shape index (κ3) is 3.33. The van der Waals surface area contributed by atoms with E-state index in [-0.39, 0.29) is 6.03 Å². The van der Waals surface area contributed by atoms with E-state index >= 15 is 0 Å². The molecule has 0 spiro atoms. The van der Waals surface area contributed by atoms with Crippen LogP contribution in [0.25, 0.3) is 0 Å². The minimum Gasteiger partial charge on any atom is -0.480 e. The van der Waals surface area contributed by atoms with Gasteiger partial charge in [0.15, 0.2) is 0 Å². The predicted octanol–water partition coefficient (Wildman–Crippen LogP) is 0.245. The molecule has 98 valence electrons. The van der Waals surface area contributed by atoms with Gasteiger partial charge in [-0.25, -0.2) is 9.59 Å². The smallest absolute Gasteiger partial charge is 0.329 e. The first-order valence-corrected chi connectivity index (χ1v) is 5.93. The van der Waals surface area contributed by atoms with Gasteiger partial charge in [-0.05, 0) is 39.3 Å². The van der Waals surface area contributed by atoms with Gasteiger partial charge in [-0.1, -0.05) is 0 Å². The number of nitrogens with one attached hydrogen (secondary N) is 2. The highest BCUT2D eigenvalue weighted by atomic mass is 16.4. The Balaban J connectivity index is 2.39. The topological polar surface area (TPSA) is 81.7 Å². The maximum absolute atomic E-state index is 11.8. The number of carboxylic acids is 1. The quantitative estimate of drug-likeness (QED) is 0.584. The molecule has 6 heteroatoms. The zero-order valence-electron chi connectivity index (χ0n) is 10.5. The number of carboxylic acid groups (broad SMARTS) is 1. The lowest BCUT2D eigenvalue weighted by atomic mass is 9.77. The molecule has 0 bridgehead atoms. The summed E-state index contributed by atoms with van der Waals surface area (Å²) in [6.45, 7) is 1.45. The second-order valence-corrected chi connectivity index (χ2v) is 4.55. The Hall–Kier alpha value is -1.30. The van der Waals surface area contributed by atoms with Gasteiger partial charge in [-0.15, -0.1) is 0 Å². The van der Waals surface area contributed by atoms with Crippen LogP contribution in [0.5, 0.6) is 0 Å². The van der Waals surface area contributed by atoms with Crippen molar-refractivity contribution < 1.29 is 14.7 Å². The molecule has 3 N–H and O–H groups in total. The van der Waals surface area contributed by atoms with Crippen LogP contribution in [-0.2, 0) is 4.79 Å². The average Bonchev–Trinajstić information content (AvgIpc) is 2.22. The Kier molecular flexibility index (Phi) is 4.74. The van der Waals surface area contributed by atoms with Crippen molar-refractivity contribution in [1.82, 2.24) is 15.5 Å². The molecule has 0 radical (unpaired) electrons. The number of nitrogens with zero attached hydrogens (tertiary/aromatic N) is 1. The summed E-state index contributed by atoms with van der Waals surface area (Å²) in [5, 5.41) is 14.7. The maximum atomic E-state index is 11.8. The average molecular weight is 243 g/mol. The summed E-state index contributed by atoms with van der Waals surface area (Å²) in [6, 6.07) is -0.303. The van der Waals surface area contributed by atoms with Gasteiger partial charge in [0.25, 0.3) is 0 Å². The zero-order valence-corrected chi connectivity index (χ0v) is 10.5. The third-order valence-electron chi connectivity index (χ3n) is 3.23. The largest absolute Gasteiger partial charge is 0.480 e. The number of urea groups is 1. The normalized spacial score (nSPS) is 17.1. The molecule has 0 aliphatic heterocycles. The van der Waals surface area contributed by atoms with Crippen molar-refractivity contribution in [2.75, 3.05) is 27.2 Å². The molecule has 1 aliphatic rings. The molecule has 6 nitrogen and oxygen atoms in total. The van der Waals surface area contributed by atoms with Gasteiger partial charge in [0.1, 0.15) is 5.54 Å². The van der Waals surface area contributed by atoms with E-state index in [0.29, 0.717) is 19.4 Å². The molecule has 0 aromatic rings. The summed E-state index contributed by atoms with van der Waals surface area (Å²) in [4.78, 5) is 24.4. The van der Waals surface area contributed by atoms with E-state index in [4.69, 9.17) is 5.11 Å². The van der Waals surface area contributed by atoms with Crippen molar-refractivity contribution in [3.05, 3.63) is 0 Å². The van der Waals surface area contributed by atoms with Gasteiger partial charge >= 0.3 is 12.0 Å². The predicted molar refractivity (Wildman–Crippen MR) is 63.9 cm³/mol. The molecule has 0 atom stereocenters. The monoisotopic (exact) mass is 243 g/mol. The molecule has 1 rings (SSSR count). The number of hydrogen-bond donors (Lipinski definition) is 3. The van der Waals surface area contributed by atoms with E-state index in [1.54, 1.807) is 7.05 Å². The van der Waals surface area contributed by atoms with E-state index < -0.39 is 11.5 Å². The van der Waals surface area contributed by atoms with E-state index in [2.05, 4.69) is 10.6 Å². The molecule has 1 aliphatic carbocycles. The zero-order chi connectivity index (χ0) is 12.9. The van der Waals surface area contributed by atoms with E-state index in [9.17, 15) is 9.59 Å². The Bertz CT molecular complexity index is 290. The minimum atomic E-state index is -1.02. The second kappa shape index (κ2) is 5.86. The molecule has 0 saturated heterocycles. The van der Waals surface area contributed by atoms with Crippen LogP contribution >= 0.6 is 0 Å². The standard InChI is InChI=1S/C11H21N3O3/c1-12-7-4-8-14(2)10(17)13-11(9(15)16)5-3-6-11/h12H,3-8H2,1-2H3,(H,13,17)(H,15,16). The molecule has 0 aromatic carbocycles. The lowest BCUT2D eigenvalue weighted by Crippen LogP contribution is -2.61. The van der Waals surface area contributed by atoms with E-state index in [1.165, 1.54) is 4.90 Å². The highest BCUT2D eigenvalue weighted by Crippen LogP contribution is 2.32. The van der Waals surface area contributed by atoms with Gasteiger partial charge in [0.05, 0.1) is 0 Å². The van der Waals surface area contributed by atoms with E-state index in [1.807, 2.05) is 7.05 Å². The lowest BCUT2D eigenvalue weighted by Gasteiger charge is -2.39. The lowest BCUT2D eigenvalue weighted by molar-refractivity contribution is -0.148. The molecule has 2 amide bonds. The third-order valence-corrected chi connectivity index (χ3v) is 3.23. The first kappa shape index (κ1) is 13.8. The Morgan fingerprint density at radius 1 is 1.41 bits per heavy atom. The molecule has 0 unspecified atom stereocenters. The molecule has 1 saturated carbocycles. The van der Waals surface area contributed by atoms with Crippen molar-refractivity contribution in [2.24, 2.45) is 0 Å². The van der Waals surface area contributed by atoms with Crippen molar-refractivity contribution in [3.63, 3.8) is 0 Å². The van der Waals surface area contributed by atoms with E-state index in [0.717, 1.165) is 19.4 Å². The number of carbonyl (C=O) groups excluding carboxylic acids is 1. The van der Waals surface area contributed by atoms with Gasteiger partial charge in [0.2, 0.25) is 0 Å². The minimum absolute atomic E-state index is 0.303. The summed E-state index contributed by atoms with van der Waals surface area (Å²) >= 11 is 0. The fourth-order valence-electron chi connectivity index (χ4n) is 1.82. The van der Waals surface area contributed by atoms with Crippen molar-refractivity contribution in [2.45, 2.75) is 31.2 Å². The Morgan fingerprint density at radius 2 is 2.06 bits per heavy atom. The molecule has 1 fully saturated rings. The van der Waals surface area contributed by atoms with Crippen LogP contribution < -0.4 is 10.6 Å². The second-order valence-electron chi connectivity index (χ2n) is 4.55. The van der Waals surface area contributed by atoms with Crippen LogP contribution in [0.4, 0.5) is 4.79 Å². The van der Waals surface area contributed by atoms with Crippen LogP contribution in [0.2, 0.25) is 0 Å². The summed E-state index contributed by atoms with van der Waals surface area (Å²) in [6.07, 6.45) is 2.76. The highest BCUT2D eigenvalue weighted by Gasteiger charge is 2.46. The molecular formula is C11H21N3O3. The van der Waals surface area contributed by atoms with Crippen LogP contribution in [0.1, 0.15) is 25.7 Å². The van der Waals surface area contributed by atoms with Gasteiger partial charge in [-0.3, -0.25) is 0 Å². The fourth-order valence-corrected chi connectivity index (χ4v) is 1.82. The summed E-state index contributed by atoms with van der Waals surface area (Å²) < 4.78 is 0. The highest BCUT2D eigenvalue weighted by molar-refractivity contribution is 5.87. The van der Waals surface area contributed by atoms with Crippen LogP contribution in [0, 0.1) is 0 Å². The van der Waals surface area contributed by atoms with Crippen LogP contribution in [0.3, 0.4) is 0 Å². The first-order chi connectivity index (χ1) is 8.02. The number of carbonyl (C=O) groups is 2. The molecule has 0 heterocycles. The molecule has 0 aromatic heterocycles. The molecular weight excluding hydrogens is 222 g/mol. The number of hydrogen-bond acceptors (Lipinski definition) is 3. The van der Waals surface area contributed by atoms with Crippen LogP contribution in [-0.4, -0.2) is 54.7 Å². The SMILES string of the molecule is CNCCCN(C)C(=O)NC1(C(=O)O)CCC1. The Labute approximate surface area is 101 Å². The Morgan fingerprint density at radius 3 is 2.47 bits per heavy atom.